The average molecular weight is 847 g/mol. The zero-order chi connectivity index (χ0) is 45.4. The molecule has 0 saturated heterocycles. The van der Waals surface area contributed by atoms with Crippen LogP contribution in [0.25, 0.3) is 0 Å². The lowest BCUT2D eigenvalue weighted by atomic mass is 10.0. The quantitative estimate of drug-likeness (QED) is 0.0292. The van der Waals surface area contributed by atoms with Gasteiger partial charge >= 0.3 is 11.9 Å². The zero-order valence-electron chi connectivity index (χ0n) is 34.2. The molecule has 0 aliphatic rings. The summed E-state index contributed by atoms with van der Waals surface area (Å²) < 4.78 is 0. The topological polar surface area (TPSA) is 411 Å². The van der Waals surface area contributed by atoms with Crippen LogP contribution in [0, 0.1) is 5.92 Å². The predicted molar refractivity (Wildman–Crippen MR) is 211 cm³/mol. The Morgan fingerprint density at radius 2 is 0.881 bits per heavy atom. The number of hydrogen-bond donors (Lipinski definition) is 14. The number of carbonyl (C=O) groups is 9. The lowest BCUT2D eigenvalue weighted by Gasteiger charge is -2.29. The van der Waals surface area contributed by atoms with Gasteiger partial charge in [0.25, 0.3) is 0 Å². The molecule has 0 saturated carbocycles. The van der Waals surface area contributed by atoms with Crippen molar-refractivity contribution in [2.24, 2.45) is 28.9 Å². The van der Waals surface area contributed by atoms with Crippen molar-refractivity contribution in [2.45, 2.75) is 153 Å². The molecule has 9 unspecified atom stereocenters. The van der Waals surface area contributed by atoms with Gasteiger partial charge in [-0.2, -0.15) is 0 Å². The third-order valence-corrected chi connectivity index (χ3v) is 8.92. The highest BCUT2D eigenvalue weighted by molar-refractivity contribution is 5.97. The van der Waals surface area contributed by atoms with Gasteiger partial charge in [0.15, 0.2) is 0 Å². The number of nitrogens with two attached hydrogens (primary N) is 4. The van der Waals surface area contributed by atoms with Crippen molar-refractivity contribution in [1.82, 2.24) is 31.9 Å². The molecule has 0 fully saturated rings. The van der Waals surface area contributed by atoms with E-state index in [-0.39, 0.29) is 25.3 Å². The third-order valence-electron chi connectivity index (χ3n) is 8.92. The minimum atomic E-state index is -1.85. The second-order valence-electron chi connectivity index (χ2n) is 14.8. The van der Waals surface area contributed by atoms with Crippen molar-refractivity contribution >= 4 is 53.3 Å². The molecular weight excluding hydrogens is 780 g/mol. The number of carbonyl (C=O) groups excluding carboxylic acids is 7. The average Bonchev–Trinajstić information content (AvgIpc) is 3.13. The van der Waals surface area contributed by atoms with Gasteiger partial charge in [0, 0.05) is 12.8 Å². The Morgan fingerprint density at radius 1 is 0.508 bits per heavy atom. The van der Waals surface area contributed by atoms with Crippen LogP contribution in [0.1, 0.15) is 98.3 Å². The summed E-state index contributed by atoms with van der Waals surface area (Å²) in [5.74, 6) is -9.56. The standard InChI is InChI=1S/C36H66N10O13/c1-18(2)17-21(39)30(52)41-22(9-5-7-15-37)31(53)42-23(10-6-8-16-38)32(54)45-28(19(3)47)34(56)43-24(12-14-27(50)51)33(55)46-29(20(4)48)35(57)44-25(36(58)59)11-13-26(40)49/h18-25,28-29,47-48H,5-17,37-39H2,1-4H3,(H2,40,49)(H,41,52)(H,42,53)(H,43,56)(H,44,57)(H,45,54)(H,46,55)(H,50,51)(H,58,59). The maximum absolute atomic E-state index is 13.7. The van der Waals surface area contributed by atoms with Gasteiger partial charge in [-0.3, -0.25) is 38.4 Å². The van der Waals surface area contributed by atoms with E-state index in [0.29, 0.717) is 38.6 Å². The lowest BCUT2D eigenvalue weighted by Crippen LogP contribution is -2.62. The van der Waals surface area contributed by atoms with Crippen molar-refractivity contribution in [2.75, 3.05) is 13.1 Å². The summed E-state index contributed by atoms with van der Waals surface area (Å²) in [5, 5.41) is 53.7. The first-order chi connectivity index (χ1) is 27.5. The van der Waals surface area contributed by atoms with Crippen LogP contribution in [0.2, 0.25) is 0 Å². The fourth-order valence-corrected chi connectivity index (χ4v) is 5.61. The minimum absolute atomic E-state index is 0.0109. The number of unbranched alkanes of at least 4 members (excludes halogenated alkanes) is 2. The highest BCUT2D eigenvalue weighted by Gasteiger charge is 2.36. The molecule has 9 atom stereocenters. The molecule has 0 rings (SSSR count). The maximum Gasteiger partial charge on any atom is 0.326 e. The Kier molecular flexibility index (Phi) is 26.1. The van der Waals surface area contributed by atoms with Gasteiger partial charge in [-0.1, -0.05) is 13.8 Å². The van der Waals surface area contributed by atoms with E-state index in [1.54, 1.807) is 0 Å². The highest BCUT2D eigenvalue weighted by Crippen LogP contribution is 2.10. The van der Waals surface area contributed by atoms with Crippen LogP contribution in [0.3, 0.4) is 0 Å². The summed E-state index contributed by atoms with van der Waals surface area (Å²) in [5.41, 5.74) is 22.3. The van der Waals surface area contributed by atoms with Gasteiger partial charge in [-0.25, -0.2) is 4.79 Å². The molecule has 0 spiro atoms. The fourth-order valence-electron chi connectivity index (χ4n) is 5.61. The third kappa shape index (κ3) is 22.1. The van der Waals surface area contributed by atoms with E-state index in [0.717, 1.165) is 13.8 Å². The van der Waals surface area contributed by atoms with Crippen molar-refractivity contribution in [1.29, 1.82) is 0 Å². The van der Waals surface area contributed by atoms with E-state index in [1.807, 2.05) is 13.8 Å². The summed E-state index contributed by atoms with van der Waals surface area (Å²) in [6.07, 6.45) is -3.17. The number of amides is 7. The van der Waals surface area contributed by atoms with Crippen molar-refractivity contribution in [3.05, 3.63) is 0 Å². The summed E-state index contributed by atoms with van der Waals surface area (Å²) in [6, 6.07) is -10.4. The molecule has 0 aliphatic carbocycles. The number of aliphatic hydroxyl groups is 2. The number of aliphatic hydroxyl groups excluding tert-OH is 2. The largest absolute Gasteiger partial charge is 0.481 e. The number of nitrogens with one attached hydrogen (secondary N) is 6. The molecule has 0 radical (unpaired) electrons. The Bertz CT molecular complexity index is 1420. The van der Waals surface area contributed by atoms with Crippen LogP contribution in [-0.2, 0) is 43.2 Å². The van der Waals surface area contributed by atoms with Crippen LogP contribution in [0.15, 0.2) is 0 Å². The molecular formula is C36H66N10O13. The minimum Gasteiger partial charge on any atom is -0.481 e. The van der Waals surface area contributed by atoms with E-state index < -0.39 is 133 Å². The van der Waals surface area contributed by atoms with Crippen LogP contribution < -0.4 is 54.8 Å². The molecule has 0 aromatic heterocycles. The summed E-state index contributed by atoms with van der Waals surface area (Å²) >= 11 is 0. The first kappa shape index (κ1) is 54.0. The molecule has 0 heterocycles. The predicted octanol–water partition coefficient (Wildman–Crippen LogP) is -4.50. The maximum atomic E-state index is 13.7. The fraction of sp³-hybridized carbons (Fsp3) is 0.750. The van der Waals surface area contributed by atoms with Gasteiger partial charge in [0.1, 0.15) is 36.3 Å². The molecule has 0 aromatic rings. The van der Waals surface area contributed by atoms with Gasteiger partial charge in [-0.05, 0) is 90.6 Å². The Labute approximate surface area is 343 Å². The lowest BCUT2D eigenvalue weighted by molar-refractivity contribution is -0.143. The highest BCUT2D eigenvalue weighted by atomic mass is 16.4. The van der Waals surface area contributed by atoms with Crippen LogP contribution in [0.5, 0.6) is 0 Å². The van der Waals surface area contributed by atoms with Gasteiger partial charge < -0.3 is 75.3 Å². The summed E-state index contributed by atoms with van der Waals surface area (Å²) in [6.45, 7) is 6.54. The van der Waals surface area contributed by atoms with Gasteiger partial charge in [-0.15, -0.1) is 0 Å². The number of carboxylic acids is 2. The monoisotopic (exact) mass is 846 g/mol. The zero-order valence-corrected chi connectivity index (χ0v) is 34.2. The molecule has 23 heteroatoms. The van der Waals surface area contributed by atoms with Gasteiger partial charge in [0.05, 0.1) is 18.2 Å². The number of rotatable bonds is 31. The number of primary amides is 1. The van der Waals surface area contributed by atoms with Crippen LogP contribution in [-0.4, -0.2) is 141 Å². The summed E-state index contributed by atoms with van der Waals surface area (Å²) in [4.78, 5) is 114. The Morgan fingerprint density at radius 3 is 1.25 bits per heavy atom. The molecule has 0 aliphatic heterocycles. The molecule has 18 N–H and O–H groups in total. The number of aliphatic carboxylic acids is 2. The van der Waals surface area contributed by atoms with Crippen molar-refractivity contribution in [3.63, 3.8) is 0 Å². The second-order valence-corrected chi connectivity index (χ2v) is 14.8. The van der Waals surface area contributed by atoms with E-state index in [1.165, 1.54) is 0 Å². The van der Waals surface area contributed by atoms with Crippen LogP contribution >= 0.6 is 0 Å². The number of carboxylic acid groups (broad SMARTS) is 2. The molecule has 59 heavy (non-hydrogen) atoms. The summed E-state index contributed by atoms with van der Waals surface area (Å²) in [7, 11) is 0. The SMILES string of the molecule is CC(C)CC(N)C(=O)NC(CCCCN)C(=O)NC(CCCCN)C(=O)NC(C(=O)NC(CCC(=O)O)C(=O)NC(C(=O)NC(CCC(N)=O)C(=O)O)C(C)O)C(C)O. The molecule has 0 aromatic carbocycles. The number of hydrogen-bond acceptors (Lipinski definition) is 14. The Hall–Kier alpha value is -4.97. The molecule has 7 amide bonds. The van der Waals surface area contributed by atoms with E-state index >= 15 is 0 Å². The van der Waals surface area contributed by atoms with E-state index in [2.05, 4.69) is 31.9 Å². The van der Waals surface area contributed by atoms with E-state index in [4.69, 9.17) is 22.9 Å². The van der Waals surface area contributed by atoms with Crippen molar-refractivity contribution < 1.29 is 63.6 Å². The normalized spacial score (nSPS) is 15.8. The van der Waals surface area contributed by atoms with Crippen LogP contribution in [0.4, 0.5) is 0 Å². The van der Waals surface area contributed by atoms with Gasteiger partial charge in [0.2, 0.25) is 41.4 Å². The van der Waals surface area contributed by atoms with Crippen molar-refractivity contribution in [3.8, 4) is 0 Å². The smallest absolute Gasteiger partial charge is 0.326 e. The second kappa shape index (κ2) is 28.5. The first-order valence-corrected chi connectivity index (χ1v) is 19.6. The molecule has 0 bridgehead atoms. The first-order valence-electron chi connectivity index (χ1n) is 19.6. The molecule has 338 valence electrons. The Balaban J connectivity index is 6.34. The molecule has 23 nitrogen and oxygen atoms in total. The van der Waals surface area contributed by atoms with E-state index in [9.17, 15) is 63.6 Å².